The van der Waals surface area contributed by atoms with Gasteiger partial charge in [-0.25, -0.2) is 0 Å². The second kappa shape index (κ2) is 7.60. The molecule has 0 saturated carbocycles. The Balaban J connectivity index is 1.66. The van der Waals surface area contributed by atoms with Crippen LogP contribution in [0.2, 0.25) is 0 Å². The number of carbonyl (C=O) groups is 2. The van der Waals surface area contributed by atoms with E-state index in [0.717, 1.165) is 28.1 Å². The van der Waals surface area contributed by atoms with Gasteiger partial charge in [0.2, 0.25) is 5.91 Å². The fourth-order valence-electron chi connectivity index (χ4n) is 3.25. The number of hydrogen-bond donors (Lipinski definition) is 1. The summed E-state index contributed by atoms with van der Waals surface area (Å²) in [5.74, 6) is 0.543. The number of rotatable bonds is 6. The van der Waals surface area contributed by atoms with Crippen molar-refractivity contribution in [2.24, 2.45) is 0 Å². The number of aryl methyl sites for hydroxylation is 2. The van der Waals surface area contributed by atoms with Crippen LogP contribution in [0, 0.1) is 13.8 Å². The highest BCUT2D eigenvalue weighted by atomic mass is 16.5. The lowest BCUT2D eigenvalue weighted by Crippen LogP contribution is -2.37. The summed E-state index contributed by atoms with van der Waals surface area (Å²) < 4.78 is 5.77. The van der Waals surface area contributed by atoms with Gasteiger partial charge in [0.25, 0.3) is 5.91 Å². The first-order chi connectivity index (χ1) is 12.5. The van der Waals surface area contributed by atoms with Crippen LogP contribution < -0.4 is 15.0 Å². The number of nitrogens with zero attached hydrogens (tertiary/aromatic N) is 1. The molecule has 1 aliphatic heterocycles. The first-order valence-electron chi connectivity index (χ1n) is 8.84. The zero-order chi connectivity index (χ0) is 18.7. The summed E-state index contributed by atoms with van der Waals surface area (Å²) in [6, 6.07) is 13.2. The lowest BCUT2D eigenvalue weighted by Gasteiger charge is -2.18. The lowest BCUT2D eigenvalue weighted by molar-refractivity contribution is -0.126. The predicted octanol–water partition coefficient (Wildman–Crippen LogP) is 3.30. The molecule has 136 valence electrons. The van der Waals surface area contributed by atoms with E-state index in [1.54, 1.807) is 4.90 Å². The molecule has 3 rings (SSSR count). The molecule has 0 aliphatic carbocycles. The standard InChI is InChI=1S/C21H24N2O3/c1-14-6-4-7-17(12-14)26-11-5-10-23-19-9-8-15(2)13-18(19)20(21(23)25)22-16(3)24/h4,6-9,12-13,20H,5,10-11H2,1-3H3,(H,22,24)/t20-/m0/s1. The van der Waals surface area contributed by atoms with E-state index >= 15 is 0 Å². The minimum atomic E-state index is -0.597. The van der Waals surface area contributed by atoms with Crippen LogP contribution in [0.4, 0.5) is 5.69 Å². The van der Waals surface area contributed by atoms with Gasteiger partial charge in [-0.15, -0.1) is 0 Å². The summed E-state index contributed by atoms with van der Waals surface area (Å²) >= 11 is 0. The molecule has 2 aromatic rings. The number of amides is 2. The Bertz CT molecular complexity index is 832. The van der Waals surface area contributed by atoms with Crippen LogP contribution in [0.25, 0.3) is 0 Å². The van der Waals surface area contributed by atoms with E-state index in [-0.39, 0.29) is 11.8 Å². The first-order valence-corrected chi connectivity index (χ1v) is 8.84. The van der Waals surface area contributed by atoms with E-state index in [1.165, 1.54) is 6.92 Å². The Morgan fingerprint density at radius 3 is 2.65 bits per heavy atom. The van der Waals surface area contributed by atoms with Crippen LogP contribution in [-0.2, 0) is 9.59 Å². The van der Waals surface area contributed by atoms with Gasteiger partial charge in [0.1, 0.15) is 11.8 Å². The third-order valence-corrected chi connectivity index (χ3v) is 4.43. The van der Waals surface area contributed by atoms with E-state index in [0.29, 0.717) is 19.6 Å². The zero-order valence-corrected chi connectivity index (χ0v) is 15.4. The SMILES string of the molecule is CC(=O)N[C@@H]1C(=O)N(CCCOc2cccc(C)c2)c2ccc(C)cc21. The van der Waals surface area contributed by atoms with Crippen LogP contribution in [0.15, 0.2) is 42.5 Å². The van der Waals surface area contributed by atoms with Crippen LogP contribution in [0.5, 0.6) is 5.75 Å². The number of carbonyl (C=O) groups excluding carboxylic acids is 2. The van der Waals surface area contributed by atoms with Crippen molar-refractivity contribution in [1.82, 2.24) is 5.32 Å². The molecule has 26 heavy (non-hydrogen) atoms. The topological polar surface area (TPSA) is 58.6 Å². The van der Waals surface area contributed by atoms with E-state index < -0.39 is 6.04 Å². The zero-order valence-electron chi connectivity index (χ0n) is 15.4. The third kappa shape index (κ3) is 3.87. The van der Waals surface area contributed by atoms with Gasteiger partial charge in [0.05, 0.1) is 6.61 Å². The fourth-order valence-corrected chi connectivity index (χ4v) is 3.25. The molecule has 0 radical (unpaired) electrons. The van der Waals surface area contributed by atoms with E-state index in [9.17, 15) is 9.59 Å². The smallest absolute Gasteiger partial charge is 0.254 e. The highest BCUT2D eigenvalue weighted by molar-refractivity contribution is 6.06. The third-order valence-electron chi connectivity index (χ3n) is 4.43. The molecule has 0 aromatic heterocycles. The molecule has 5 nitrogen and oxygen atoms in total. The second-order valence-corrected chi connectivity index (χ2v) is 6.70. The second-order valence-electron chi connectivity index (χ2n) is 6.70. The maximum atomic E-state index is 12.8. The molecular formula is C21H24N2O3. The van der Waals surface area contributed by atoms with Crippen molar-refractivity contribution in [2.75, 3.05) is 18.1 Å². The highest BCUT2D eigenvalue weighted by Gasteiger charge is 2.37. The fraction of sp³-hybridized carbons (Fsp3) is 0.333. The molecule has 1 N–H and O–H groups in total. The van der Waals surface area contributed by atoms with Crippen molar-refractivity contribution in [1.29, 1.82) is 0 Å². The summed E-state index contributed by atoms with van der Waals surface area (Å²) in [6.45, 7) is 6.52. The van der Waals surface area contributed by atoms with Gasteiger partial charge >= 0.3 is 0 Å². The van der Waals surface area contributed by atoms with Crippen LogP contribution in [0.3, 0.4) is 0 Å². The van der Waals surface area contributed by atoms with Crippen molar-refractivity contribution in [3.8, 4) is 5.75 Å². The molecule has 0 saturated heterocycles. The molecule has 2 aromatic carbocycles. The van der Waals surface area contributed by atoms with Crippen LogP contribution >= 0.6 is 0 Å². The van der Waals surface area contributed by atoms with Crippen molar-refractivity contribution in [2.45, 2.75) is 33.2 Å². The minimum absolute atomic E-state index is 0.0867. The molecule has 2 amide bonds. The van der Waals surface area contributed by atoms with E-state index in [2.05, 4.69) is 5.32 Å². The molecule has 0 fully saturated rings. The number of benzene rings is 2. The Morgan fingerprint density at radius 2 is 1.92 bits per heavy atom. The number of anilines is 1. The number of nitrogens with one attached hydrogen (secondary N) is 1. The van der Waals surface area contributed by atoms with E-state index in [4.69, 9.17) is 4.74 Å². The summed E-state index contributed by atoms with van der Waals surface area (Å²) in [4.78, 5) is 26.0. The first kappa shape index (κ1) is 18.0. The van der Waals surface area contributed by atoms with Gasteiger partial charge < -0.3 is 15.0 Å². The largest absolute Gasteiger partial charge is 0.494 e. The van der Waals surface area contributed by atoms with Gasteiger partial charge in [-0.1, -0.05) is 29.8 Å². The molecule has 1 aliphatic rings. The number of ether oxygens (including phenoxy) is 1. The molecule has 0 bridgehead atoms. The van der Waals surface area contributed by atoms with Crippen LogP contribution in [-0.4, -0.2) is 25.0 Å². The Hall–Kier alpha value is -2.82. The molecule has 1 heterocycles. The van der Waals surface area contributed by atoms with Crippen molar-refractivity contribution in [3.63, 3.8) is 0 Å². The van der Waals surface area contributed by atoms with Crippen molar-refractivity contribution >= 4 is 17.5 Å². The van der Waals surface area contributed by atoms with Crippen molar-refractivity contribution < 1.29 is 14.3 Å². The summed E-state index contributed by atoms with van der Waals surface area (Å²) in [6.07, 6.45) is 0.708. The van der Waals surface area contributed by atoms with Gasteiger partial charge in [-0.3, -0.25) is 9.59 Å². The maximum Gasteiger partial charge on any atom is 0.254 e. The lowest BCUT2D eigenvalue weighted by atomic mass is 10.1. The Labute approximate surface area is 154 Å². The average Bonchev–Trinajstić information content (AvgIpc) is 2.83. The minimum Gasteiger partial charge on any atom is -0.494 e. The maximum absolute atomic E-state index is 12.8. The number of hydrogen-bond acceptors (Lipinski definition) is 3. The highest BCUT2D eigenvalue weighted by Crippen LogP contribution is 2.36. The van der Waals surface area contributed by atoms with E-state index in [1.807, 2.05) is 56.3 Å². The molecular weight excluding hydrogens is 328 g/mol. The van der Waals surface area contributed by atoms with Gasteiger partial charge in [-0.05, 0) is 44.0 Å². The molecule has 5 heteroatoms. The Morgan fingerprint density at radius 1 is 1.15 bits per heavy atom. The number of fused-ring (bicyclic) bond motifs is 1. The molecule has 1 atom stereocenters. The van der Waals surface area contributed by atoms with Crippen molar-refractivity contribution in [3.05, 3.63) is 59.2 Å². The summed E-state index contributed by atoms with van der Waals surface area (Å²) in [5.41, 5.74) is 3.95. The molecule has 0 unspecified atom stereocenters. The van der Waals surface area contributed by atoms with Gasteiger partial charge in [0, 0.05) is 24.7 Å². The average molecular weight is 352 g/mol. The van der Waals surface area contributed by atoms with Crippen LogP contribution in [0.1, 0.15) is 36.1 Å². The summed E-state index contributed by atoms with van der Waals surface area (Å²) in [5, 5.41) is 2.77. The monoisotopic (exact) mass is 352 g/mol. The quantitative estimate of drug-likeness (QED) is 0.812. The normalized spacial score (nSPS) is 15.7. The Kier molecular flexibility index (Phi) is 5.26. The predicted molar refractivity (Wildman–Crippen MR) is 101 cm³/mol. The summed E-state index contributed by atoms with van der Waals surface area (Å²) in [7, 11) is 0. The van der Waals surface area contributed by atoms with Gasteiger partial charge in [0.15, 0.2) is 0 Å². The molecule has 0 spiro atoms. The van der Waals surface area contributed by atoms with Gasteiger partial charge in [-0.2, -0.15) is 0 Å².